The number of carbonyl (C=O) groups excluding carboxylic acids is 1. The number of carbonyl (C=O) groups is 1. The van der Waals surface area contributed by atoms with Gasteiger partial charge < -0.3 is 20.9 Å². The summed E-state index contributed by atoms with van der Waals surface area (Å²) in [4.78, 5) is 10.4. The average Bonchev–Trinajstić information content (AvgIpc) is 2.10. The van der Waals surface area contributed by atoms with Crippen molar-refractivity contribution < 1.29 is 14.6 Å². The van der Waals surface area contributed by atoms with Crippen molar-refractivity contribution in [1.82, 2.24) is 5.32 Å². The Kier molecular flexibility index (Phi) is 7.57. The van der Waals surface area contributed by atoms with E-state index in [0.29, 0.717) is 13.2 Å². The molecule has 0 aliphatic heterocycles. The zero-order chi connectivity index (χ0) is 10.1. The van der Waals surface area contributed by atoms with Crippen LogP contribution in [0, 0.1) is 0 Å². The molecule has 78 valence electrons. The molecular weight excluding hydrogens is 172 g/mol. The second-order valence-electron chi connectivity index (χ2n) is 2.73. The first-order chi connectivity index (χ1) is 6.18. The number of amides is 1. The van der Waals surface area contributed by atoms with Gasteiger partial charge in [-0.05, 0) is 6.42 Å². The van der Waals surface area contributed by atoms with Crippen molar-refractivity contribution in [2.75, 3.05) is 26.3 Å². The highest BCUT2D eigenvalue weighted by molar-refractivity contribution is 5.78. The van der Waals surface area contributed by atoms with Gasteiger partial charge in [-0.3, -0.25) is 4.79 Å². The number of nitrogens with two attached hydrogens (primary N) is 1. The topological polar surface area (TPSA) is 84.6 Å². The Bertz CT molecular complexity index is 141. The van der Waals surface area contributed by atoms with Gasteiger partial charge in [0.15, 0.2) is 0 Å². The Balaban J connectivity index is 3.11. The van der Waals surface area contributed by atoms with Crippen LogP contribution >= 0.6 is 0 Å². The Morgan fingerprint density at radius 2 is 2.31 bits per heavy atom. The maximum absolute atomic E-state index is 10.4. The van der Waals surface area contributed by atoms with E-state index >= 15 is 0 Å². The van der Waals surface area contributed by atoms with Crippen LogP contribution in [0.5, 0.6) is 0 Å². The molecule has 5 heteroatoms. The van der Waals surface area contributed by atoms with Gasteiger partial charge in [-0.25, -0.2) is 0 Å². The second kappa shape index (κ2) is 7.97. The monoisotopic (exact) mass is 190 g/mol. The predicted octanol–water partition coefficient (Wildman–Crippen LogP) is -1.15. The second-order valence-corrected chi connectivity index (χ2v) is 2.73. The van der Waals surface area contributed by atoms with Gasteiger partial charge in [0, 0.05) is 19.7 Å². The molecule has 0 rings (SSSR count). The molecule has 0 aliphatic rings. The van der Waals surface area contributed by atoms with Gasteiger partial charge in [0.05, 0.1) is 6.61 Å². The zero-order valence-corrected chi connectivity index (χ0v) is 7.95. The van der Waals surface area contributed by atoms with Gasteiger partial charge >= 0.3 is 0 Å². The van der Waals surface area contributed by atoms with Crippen LogP contribution < -0.4 is 11.1 Å². The largest absolute Gasteiger partial charge is 0.382 e. The molecule has 0 spiro atoms. The van der Waals surface area contributed by atoms with Crippen LogP contribution in [0.1, 0.15) is 13.3 Å². The summed E-state index contributed by atoms with van der Waals surface area (Å²) in [7, 11) is 0. The minimum absolute atomic E-state index is 0.185. The smallest absolute Gasteiger partial charge is 0.247 e. The van der Waals surface area contributed by atoms with Crippen LogP contribution in [0.2, 0.25) is 0 Å². The first-order valence-electron chi connectivity index (χ1n) is 4.44. The summed E-state index contributed by atoms with van der Waals surface area (Å²) < 4.78 is 5.16. The molecule has 0 radical (unpaired) electrons. The highest BCUT2D eigenvalue weighted by Gasteiger charge is 2.08. The van der Waals surface area contributed by atoms with Gasteiger partial charge in [0.1, 0.15) is 6.10 Å². The highest BCUT2D eigenvalue weighted by atomic mass is 16.5. The molecule has 0 fully saturated rings. The SMILES string of the molecule is CCCOCCNCC(O)C(N)=O. The number of ether oxygens (including phenoxy) is 1. The van der Waals surface area contributed by atoms with E-state index in [1.807, 2.05) is 6.92 Å². The molecule has 0 aliphatic carbocycles. The lowest BCUT2D eigenvalue weighted by atomic mass is 10.3. The van der Waals surface area contributed by atoms with Crippen molar-refractivity contribution in [3.05, 3.63) is 0 Å². The van der Waals surface area contributed by atoms with E-state index in [1.165, 1.54) is 0 Å². The van der Waals surface area contributed by atoms with Gasteiger partial charge in [0.2, 0.25) is 5.91 Å². The van der Waals surface area contributed by atoms with Crippen molar-refractivity contribution in [2.45, 2.75) is 19.4 Å². The molecular formula is C8H18N2O3. The molecule has 1 atom stereocenters. The van der Waals surface area contributed by atoms with Crippen molar-refractivity contribution >= 4 is 5.91 Å². The summed E-state index contributed by atoms with van der Waals surface area (Å²) in [5, 5.41) is 11.8. The quantitative estimate of drug-likeness (QED) is 0.422. The number of nitrogens with one attached hydrogen (secondary N) is 1. The number of aliphatic hydroxyl groups excluding tert-OH is 1. The number of primary amides is 1. The van der Waals surface area contributed by atoms with Crippen LogP contribution in [0.25, 0.3) is 0 Å². The van der Waals surface area contributed by atoms with Crippen LogP contribution in [0.4, 0.5) is 0 Å². The Morgan fingerprint density at radius 3 is 2.85 bits per heavy atom. The molecule has 0 aromatic carbocycles. The van der Waals surface area contributed by atoms with Crippen molar-refractivity contribution in [1.29, 1.82) is 0 Å². The Morgan fingerprint density at radius 1 is 1.62 bits per heavy atom. The first-order valence-corrected chi connectivity index (χ1v) is 4.44. The third-order valence-electron chi connectivity index (χ3n) is 1.44. The van der Waals surface area contributed by atoms with Crippen LogP contribution in [0.15, 0.2) is 0 Å². The first kappa shape index (κ1) is 12.3. The van der Waals surface area contributed by atoms with Crippen molar-refractivity contribution in [2.24, 2.45) is 5.73 Å². The summed E-state index contributed by atoms with van der Waals surface area (Å²) >= 11 is 0. The summed E-state index contributed by atoms with van der Waals surface area (Å²) in [5.41, 5.74) is 4.84. The van der Waals surface area contributed by atoms with Crippen LogP contribution in [0.3, 0.4) is 0 Å². The van der Waals surface area contributed by atoms with E-state index in [1.54, 1.807) is 0 Å². The fourth-order valence-corrected chi connectivity index (χ4v) is 0.730. The maximum Gasteiger partial charge on any atom is 0.247 e. The molecule has 1 unspecified atom stereocenters. The maximum atomic E-state index is 10.4. The third kappa shape index (κ3) is 7.70. The Labute approximate surface area is 78.3 Å². The summed E-state index contributed by atoms with van der Waals surface area (Å²) in [6, 6.07) is 0. The molecule has 13 heavy (non-hydrogen) atoms. The normalized spacial score (nSPS) is 12.8. The standard InChI is InChI=1S/C8H18N2O3/c1-2-4-13-5-3-10-6-7(11)8(9)12/h7,10-11H,2-6H2,1H3,(H2,9,12). The third-order valence-corrected chi connectivity index (χ3v) is 1.44. The van der Waals surface area contributed by atoms with Crippen molar-refractivity contribution in [3.8, 4) is 0 Å². The van der Waals surface area contributed by atoms with Crippen LogP contribution in [-0.2, 0) is 9.53 Å². The molecule has 0 saturated heterocycles. The van der Waals surface area contributed by atoms with E-state index in [2.05, 4.69) is 5.32 Å². The average molecular weight is 190 g/mol. The minimum atomic E-state index is -1.11. The summed E-state index contributed by atoms with van der Waals surface area (Å²) in [6.45, 7) is 4.15. The lowest BCUT2D eigenvalue weighted by Gasteiger charge is -2.08. The van der Waals surface area contributed by atoms with Gasteiger partial charge in [-0.1, -0.05) is 6.92 Å². The molecule has 5 nitrogen and oxygen atoms in total. The molecule has 1 amide bonds. The number of hydrogen-bond acceptors (Lipinski definition) is 4. The molecule has 0 heterocycles. The molecule has 0 aromatic heterocycles. The predicted molar refractivity (Wildman–Crippen MR) is 49.2 cm³/mol. The van der Waals surface area contributed by atoms with Gasteiger partial charge in [-0.15, -0.1) is 0 Å². The molecule has 0 bridgehead atoms. The van der Waals surface area contributed by atoms with E-state index in [0.717, 1.165) is 13.0 Å². The van der Waals surface area contributed by atoms with Crippen LogP contribution in [-0.4, -0.2) is 43.4 Å². The fourth-order valence-electron chi connectivity index (χ4n) is 0.730. The summed E-state index contributed by atoms with van der Waals surface area (Å²) in [6.07, 6.45) is -0.115. The molecule has 0 saturated carbocycles. The Hall–Kier alpha value is -0.650. The zero-order valence-electron chi connectivity index (χ0n) is 7.95. The number of hydrogen-bond donors (Lipinski definition) is 3. The minimum Gasteiger partial charge on any atom is -0.382 e. The molecule has 0 aromatic rings. The highest BCUT2D eigenvalue weighted by Crippen LogP contribution is 1.80. The van der Waals surface area contributed by atoms with E-state index in [-0.39, 0.29) is 6.54 Å². The summed E-state index contributed by atoms with van der Waals surface area (Å²) in [5.74, 6) is -0.707. The fraction of sp³-hybridized carbons (Fsp3) is 0.875. The lowest BCUT2D eigenvalue weighted by Crippen LogP contribution is -2.38. The molecule has 4 N–H and O–H groups in total. The van der Waals surface area contributed by atoms with E-state index in [4.69, 9.17) is 15.6 Å². The number of aliphatic hydroxyl groups is 1. The van der Waals surface area contributed by atoms with E-state index in [9.17, 15) is 4.79 Å². The van der Waals surface area contributed by atoms with Gasteiger partial charge in [-0.2, -0.15) is 0 Å². The lowest BCUT2D eigenvalue weighted by molar-refractivity contribution is -0.125. The van der Waals surface area contributed by atoms with Gasteiger partial charge in [0.25, 0.3) is 0 Å². The van der Waals surface area contributed by atoms with E-state index < -0.39 is 12.0 Å². The van der Waals surface area contributed by atoms with Crippen molar-refractivity contribution in [3.63, 3.8) is 0 Å². The number of rotatable bonds is 8.